The Morgan fingerprint density at radius 1 is 1.20 bits per heavy atom. The number of fused-ring (bicyclic) bond motifs is 1. The first-order valence-corrected chi connectivity index (χ1v) is 6.70. The third-order valence-electron chi connectivity index (χ3n) is 3.45. The van der Waals surface area contributed by atoms with Gasteiger partial charge in [-0.3, -0.25) is 4.98 Å². The fourth-order valence-electron chi connectivity index (χ4n) is 2.40. The third kappa shape index (κ3) is 2.20. The predicted molar refractivity (Wildman–Crippen MR) is 81.6 cm³/mol. The second-order valence-corrected chi connectivity index (χ2v) is 4.66. The Hall–Kier alpha value is -2.49. The molecule has 0 aliphatic carbocycles. The van der Waals surface area contributed by atoms with Crippen LogP contribution in [0.5, 0.6) is 0 Å². The molecule has 0 aliphatic rings. The molecule has 0 radical (unpaired) electrons. The average molecular weight is 267 g/mol. The Balaban J connectivity index is 2.01. The zero-order valence-corrected chi connectivity index (χ0v) is 11.4. The van der Waals surface area contributed by atoms with Gasteiger partial charge in [0, 0.05) is 18.1 Å². The van der Waals surface area contributed by atoms with Crippen molar-refractivity contribution in [1.82, 2.24) is 4.98 Å². The molecule has 1 aromatic carbocycles. The minimum Gasteiger partial charge on any atom is -0.467 e. The molecule has 102 valence electrons. The summed E-state index contributed by atoms with van der Waals surface area (Å²) in [5.41, 5.74) is 9.02. The molecule has 4 heteroatoms. The molecule has 0 saturated carbocycles. The van der Waals surface area contributed by atoms with Gasteiger partial charge in [0.2, 0.25) is 0 Å². The average Bonchev–Trinajstić information content (AvgIpc) is 2.99. The standard InChI is InChI=1S/C16H17N3O/c1-2-19(11-12-5-4-10-20-12)15-8-7-14-13(16(15)17)6-3-9-18-14/h3-10H,2,11,17H2,1H3. The van der Waals surface area contributed by atoms with Gasteiger partial charge in [0.1, 0.15) is 5.76 Å². The maximum absolute atomic E-state index is 6.31. The minimum absolute atomic E-state index is 0.708. The highest BCUT2D eigenvalue weighted by atomic mass is 16.3. The van der Waals surface area contributed by atoms with Crippen LogP contribution in [0, 0.1) is 0 Å². The van der Waals surface area contributed by atoms with Crippen LogP contribution in [0.1, 0.15) is 12.7 Å². The first-order valence-electron chi connectivity index (χ1n) is 6.70. The fourth-order valence-corrected chi connectivity index (χ4v) is 2.40. The molecular formula is C16H17N3O. The summed E-state index contributed by atoms with van der Waals surface area (Å²) in [6, 6.07) is 11.8. The summed E-state index contributed by atoms with van der Waals surface area (Å²) in [5, 5.41) is 0.989. The van der Waals surface area contributed by atoms with E-state index in [1.165, 1.54) is 0 Å². The summed E-state index contributed by atoms with van der Waals surface area (Å²) in [6.45, 7) is 3.67. The van der Waals surface area contributed by atoms with Crippen molar-refractivity contribution in [2.75, 3.05) is 17.2 Å². The number of hydrogen-bond acceptors (Lipinski definition) is 4. The van der Waals surface area contributed by atoms with Gasteiger partial charge in [-0.15, -0.1) is 0 Å². The number of nitrogens with two attached hydrogens (primary N) is 1. The van der Waals surface area contributed by atoms with Crippen LogP contribution in [0.2, 0.25) is 0 Å². The van der Waals surface area contributed by atoms with E-state index in [-0.39, 0.29) is 0 Å². The van der Waals surface area contributed by atoms with Crippen molar-refractivity contribution >= 4 is 22.3 Å². The van der Waals surface area contributed by atoms with E-state index in [0.29, 0.717) is 6.54 Å². The van der Waals surface area contributed by atoms with Gasteiger partial charge in [-0.05, 0) is 43.3 Å². The van der Waals surface area contributed by atoms with Crippen LogP contribution in [0.4, 0.5) is 11.4 Å². The third-order valence-corrected chi connectivity index (χ3v) is 3.45. The molecular weight excluding hydrogens is 250 g/mol. The number of rotatable bonds is 4. The Labute approximate surface area is 117 Å². The maximum atomic E-state index is 6.31. The normalized spacial score (nSPS) is 10.8. The quantitative estimate of drug-likeness (QED) is 0.736. The van der Waals surface area contributed by atoms with Crippen molar-refractivity contribution in [2.24, 2.45) is 0 Å². The smallest absolute Gasteiger partial charge is 0.123 e. The van der Waals surface area contributed by atoms with Crippen LogP contribution < -0.4 is 10.6 Å². The largest absolute Gasteiger partial charge is 0.467 e. The van der Waals surface area contributed by atoms with Crippen LogP contribution in [0.3, 0.4) is 0 Å². The lowest BCUT2D eigenvalue weighted by Gasteiger charge is -2.24. The molecule has 0 bridgehead atoms. The molecule has 4 nitrogen and oxygen atoms in total. The Morgan fingerprint density at radius 3 is 2.85 bits per heavy atom. The SMILES string of the molecule is CCN(Cc1ccco1)c1ccc2ncccc2c1N. The molecule has 0 fully saturated rings. The fraction of sp³-hybridized carbons (Fsp3) is 0.188. The molecule has 2 aromatic heterocycles. The summed E-state index contributed by atoms with van der Waals surface area (Å²) in [6.07, 6.45) is 3.47. The van der Waals surface area contributed by atoms with Crippen molar-refractivity contribution in [3.05, 3.63) is 54.6 Å². The molecule has 0 saturated heterocycles. The lowest BCUT2D eigenvalue weighted by molar-refractivity contribution is 0.504. The first-order chi connectivity index (χ1) is 9.79. The van der Waals surface area contributed by atoms with E-state index in [4.69, 9.17) is 10.2 Å². The molecule has 0 spiro atoms. The number of furan rings is 1. The number of benzene rings is 1. The van der Waals surface area contributed by atoms with E-state index in [9.17, 15) is 0 Å². The van der Waals surface area contributed by atoms with E-state index >= 15 is 0 Å². The zero-order chi connectivity index (χ0) is 13.9. The van der Waals surface area contributed by atoms with Crippen LogP contribution in [0.15, 0.2) is 53.3 Å². The highest BCUT2D eigenvalue weighted by Crippen LogP contribution is 2.31. The second kappa shape index (κ2) is 5.25. The number of nitrogen functional groups attached to an aromatic ring is 1. The van der Waals surface area contributed by atoms with Crippen molar-refractivity contribution in [3.63, 3.8) is 0 Å². The molecule has 0 amide bonds. The van der Waals surface area contributed by atoms with Gasteiger partial charge in [0.25, 0.3) is 0 Å². The summed E-state index contributed by atoms with van der Waals surface area (Å²) >= 11 is 0. The van der Waals surface area contributed by atoms with Crippen molar-refractivity contribution in [2.45, 2.75) is 13.5 Å². The molecule has 2 heterocycles. The van der Waals surface area contributed by atoms with E-state index in [1.54, 1.807) is 12.5 Å². The Morgan fingerprint density at radius 2 is 2.10 bits per heavy atom. The van der Waals surface area contributed by atoms with Gasteiger partial charge in [-0.2, -0.15) is 0 Å². The van der Waals surface area contributed by atoms with Crippen LogP contribution >= 0.6 is 0 Å². The molecule has 0 atom stereocenters. The van der Waals surface area contributed by atoms with Gasteiger partial charge >= 0.3 is 0 Å². The lowest BCUT2D eigenvalue weighted by atomic mass is 10.1. The van der Waals surface area contributed by atoms with Gasteiger partial charge < -0.3 is 15.1 Å². The number of nitrogens with zero attached hydrogens (tertiary/aromatic N) is 2. The summed E-state index contributed by atoms with van der Waals surface area (Å²) < 4.78 is 5.42. The predicted octanol–water partition coefficient (Wildman–Crippen LogP) is 3.44. The van der Waals surface area contributed by atoms with Crippen LogP contribution in [-0.4, -0.2) is 11.5 Å². The van der Waals surface area contributed by atoms with E-state index in [2.05, 4.69) is 16.8 Å². The Bertz CT molecular complexity index is 707. The highest BCUT2D eigenvalue weighted by Gasteiger charge is 2.12. The number of aromatic nitrogens is 1. The summed E-state index contributed by atoms with van der Waals surface area (Å²) in [7, 11) is 0. The van der Waals surface area contributed by atoms with Gasteiger partial charge in [-0.1, -0.05) is 0 Å². The monoisotopic (exact) mass is 267 g/mol. The Kier molecular flexibility index (Phi) is 3.29. The maximum Gasteiger partial charge on any atom is 0.123 e. The topological polar surface area (TPSA) is 55.3 Å². The van der Waals surface area contributed by atoms with Crippen molar-refractivity contribution in [3.8, 4) is 0 Å². The minimum atomic E-state index is 0.708. The molecule has 2 N–H and O–H groups in total. The van der Waals surface area contributed by atoms with Crippen molar-refractivity contribution < 1.29 is 4.42 Å². The highest BCUT2D eigenvalue weighted by molar-refractivity contribution is 5.97. The van der Waals surface area contributed by atoms with Gasteiger partial charge in [0.15, 0.2) is 0 Å². The van der Waals surface area contributed by atoms with Crippen LogP contribution in [0.25, 0.3) is 10.9 Å². The molecule has 0 unspecified atom stereocenters. The van der Waals surface area contributed by atoms with E-state index in [0.717, 1.165) is 34.6 Å². The van der Waals surface area contributed by atoms with Gasteiger partial charge in [0.05, 0.1) is 29.7 Å². The van der Waals surface area contributed by atoms with E-state index in [1.807, 2.05) is 36.4 Å². The summed E-state index contributed by atoms with van der Waals surface area (Å²) in [5.74, 6) is 0.928. The molecule has 3 rings (SSSR count). The molecule has 20 heavy (non-hydrogen) atoms. The number of pyridine rings is 1. The van der Waals surface area contributed by atoms with E-state index < -0.39 is 0 Å². The summed E-state index contributed by atoms with van der Waals surface area (Å²) in [4.78, 5) is 6.52. The van der Waals surface area contributed by atoms with Crippen molar-refractivity contribution in [1.29, 1.82) is 0 Å². The first kappa shape index (κ1) is 12.5. The molecule has 0 aliphatic heterocycles. The zero-order valence-electron chi connectivity index (χ0n) is 11.4. The number of hydrogen-bond donors (Lipinski definition) is 1. The second-order valence-electron chi connectivity index (χ2n) is 4.66. The molecule has 3 aromatic rings. The van der Waals surface area contributed by atoms with Gasteiger partial charge in [-0.25, -0.2) is 0 Å². The number of anilines is 2. The van der Waals surface area contributed by atoms with Crippen LogP contribution in [-0.2, 0) is 6.54 Å². The lowest BCUT2D eigenvalue weighted by Crippen LogP contribution is -2.22.